The molecule has 7 rings (SSSR count). The van der Waals surface area contributed by atoms with Crippen LogP contribution in [0.3, 0.4) is 0 Å². The molecule has 1 saturated carbocycles. The van der Waals surface area contributed by atoms with Crippen molar-refractivity contribution in [2.24, 2.45) is 18.4 Å². The minimum Gasteiger partial charge on any atom is -0.345 e. The predicted octanol–water partition coefficient (Wildman–Crippen LogP) is 4.22. The second kappa shape index (κ2) is 10.1. The lowest BCUT2D eigenvalue weighted by Gasteiger charge is -2.33. The number of halogens is 3. The molecule has 12 heteroatoms. The van der Waals surface area contributed by atoms with E-state index in [2.05, 4.69) is 10.2 Å². The first kappa shape index (κ1) is 27.9. The molecule has 1 aliphatic carbocycles. The Morgan fingerprint density at radius 1 is 1.07 bits per heavy atom. The van der Waals surface area contributed by atoms with Crippen LogP contribution in [0.1, 0.15) is 60.5 Å². The third-order valence-electron chi connectivity index (χ3n) is 9.85. The standard InChI is InChI=1S/C31H34F3N7O2/c1-37-11-9-30(28(37)42)10-12-39(18-30)15-20-13-24(31(32,33)34)25-17-40(29(43)41(25)16-20)23-8-4-7-22(14-23)26(21-5-3-6-21)27-36-35-19-38(27)2/h4,7-8,13-14,16-17,19,21,26H,3,5-6,9-12,15,18H2,1-2H3/t26-,30-/m1/s1. The first-order valence-electron chi connectivity index (χ1n) is 14.8. The highest BCUT2D eigenvalue weighted by molar-refractivity contribution is 5.85. The number of likely N-dealkylation sites (tertiary alicyclic amines) is 2. The number of fused-ring (bicyclic) bond motifs is 1. The van der Waals surface area contributed by atoms with Gasteiger partial charge in [0.05, 0.1) is 22.2 Å². The summed E-state index contributed by atoms with van der Waals surface area (Å²) in [4.78, 5) is 30.2. The van der Waals surface area contributed by atoms with Gasteiger partial charge in [-0.25, -0.2) is 4.79 Å². The maximum absolute atomic E-state index is 14.4. The minimum absolute atomic E-state index is 0.0263. The predicted molar refractivity (Wildman–Crippen MR) is 153 cm³/mol. The van der Waals surface area contributed by atoms with Gasteiger partial charge >= 0.3 is 11.9 Å². The van der Waals surface area contributed by atoms with E-state index in [9.17, 15) is 22.8 Å². The number of hydrogen-bond donors (Lipinski definition) is 0. The molecule has 9 nitrogen and oxygen atoms in total. The number of pyridine rings is 1. The molecule has 3 fully saturated rings. The molecule has 1 aromatic carbocycles. The Hall–Kier alpha value is -3.93. The van der Waals surface area contributed by atoms with Crippen molar-refractivity contribution in [1.29, 1.82) is 0 Å². The molecular weight excluding hydrogens is 559 g/mol. The second-order valence-electron chi connectivity index (χ2n) is 12.6. The van der Waals surface area contributed by atoms with Crippen molar-refractivity contribution in [2.75, 3.05) is 26.7 Å². The van der Waals surface area contributed by atoms with Crippen LogP contribution in [0.15, 0.2) is 53.8 Å². The SMILES string of the molecule is CN1CC[C@]2(CCN(Cc3cc(C(F)(F)F)c4cn(-c5cccc([C@H](c6nncn6C)C6CCC6)c5)c(=O)n4c3)C2)C1=O. The molecule has 2 saturated heterocycles. The molecule has 2 aliphatic heterocycles. The van der Waals surface area contributed by atoms with Crippen molar-refractivity contribution in [1.82, 2.24) is 33.5 Å². The molecule has 5 heterocycles. The van der Waals surface area contributed by atoms with Crippen molar-refractivity contribution < 1.29 is 18.0 Å². The van der Waals surface area contributed by atoms with E-state index in [0.717, 1.165) is 47.5 Å². The number of benzene rings is 1. The molecular formula is C31H34F3N7O2. The van der Waals surface area contributed by atoms with E-state index in [1.165, 1.54) is 17.0 Å². The number of carbonyl (C=O) groups excluding carboxylic acids is 1. The van der Waals surface area contributed by atoms with Crippen molar-refractivity contribution in [3.05, 3.63) is 82.1 Å². The maximum atomic E-state index is 14.4. The van der Waals surface area contributed by atoms with Gasteiger partial charge in [-0.15, -0.1) is 10.2 Å². The number of aromatic nitrogens is 5. The Kier molecular flexibility index (Phi) is 6.53. The zero-order chi connectivity index (χ0) is 30.1. The van der Waals surface area contributed by atoms with E-state index >= 15 is 0 Å². The monoisotopic (exact) mass is 593 g/mol. The number of aryl methyl sites for hydroxylation is 1. The Bertz CT molecular complexity index is 1770. The molecule has 0 N–H and O–H groups in total. The van der Waals surface area contributed by atoms with Gasteiger partial charge in [0, 0.05) is 52.0 Å². The van der Waals surface area contributed by atoms with E-state index in [1.807, 2.05) is 34.7 Å². The van der Waals surface area contributed by atoms with Gasteiger partial charge in [-0.1, -0.05) is 18.6 Å². The highest BCUT2D eigenvalue weighted by atomic mass is 19.4. The molecule has 2 atom stereocenters. The largest absolute Gasteiger partial charge is 0.418 e. The van der Waals surface area contributed by atoms with Gasteiger partial charge in [0.2, 0.25) is 5.91 Å². The smallest absolute Gasteiger partial charge is 0.345 e. The fourth-order valence-corrected chi connectivity index (χ4v) is 7.32. The maximum Gasteiger partial charge on any atom is 0.418 e. The first-order valence-corrected chi connectivity index (χ1v) is 14.8. The summed E-state index contributed by atoms with van der Waals surface area (Å²) in [5, 5.41) is 8.43. The lowest BCUT2D eigenvalue weighted by atomic mass is 9.72. The van der Waals surface area contributed by atoms with Crippen LogP contribution in [0.2, 0.25) is 0 Å². The van der Waals surface area contributed by atoms with Crippen LogP contribution in [0.25, 0.3) is 11.2 Å². The van der Waals surface area contributed by atoms with Crippen molar-refractivity contribution in [3.63, 3.8) is 0 Å². The first-order chi connectivity index (χ1) is 20.5. The van der Waals surface area contributed by atoms with E-state index in [0.29, 0.717) is 43.2 Å². The number of amides is 1. The average molecular weight is 594 g/mol. The molecule has 3 aromatic heterocycles. The quantitative estimate of drug-likeness (QED) is 0.335. The summed E-state index contributed by atoms with van der Waals surface area (Å²) in [6, 6.07) is 8.58. The van der Waals surface area contributed by atoms with Crippen LogP contribution in [-0.2, 0) is 24.6 Å². The highest BCUT2D eigenvalue weighted by Gasteiger charge is 2.49. The van der Waals surface area contributed by atoms with Gasteiger partial charge in [-0.05, 0) is 67.5 Å². The lowest BCUT2D eigenvalue weighted by Crippen LogP contribution is -2.35. The van der Waals surface area contributed by atoms with Crippen LogP contribution in [0.4, 0.5) is 13.2 Å². The van der Waals surface area contributed by atoms with Crippen molar-refractivity contribution in [2.45, 2.75) is 50.7 Å². The van der Waals surface area contributed by atoms with E-state index in [-0.39, 0.29) is 23.9 Å². The summed E-state index contributed by atoms with van der Waals surface area (Å²) >= 11 is 0. The molecule has 0 unspecified atom stereocenters. The average Bonchev–Trinajstić information content (AvgIpc) is 3.70. The van der Waals surface area contributed by atoms with Crippen molar-refractivity contribution in [3.8, 4) is 5.69 Å². The summed E-state index contributed by atoms with van der Waals surface area (Å²) in [6.45, 7) is 2.05. The van der Waals surface area contributed by atoms with Crippen LogP contribution >= 0.6 is 0 Å². The summed E-state index contributed by atoms with van der Waals surface area (Å²) in [5.41, 5.74) is -0.236. The van der Waals surface area contributed by atoms with E-state index in [4.69, 9.17) is 0 Å². The van der Waals surface area contributed by atoms with Crippen LogP contribution in [0, 0.1) is 11.3 Å². The summed E-state index contributed by atoms with van der Waals surface area (Å²) in [5.74, 6) is 1.29. The van der Waals surface area contributed by atoms with Crippen LogP contribution < -0.4 is 5.69 Å². The normalized spacial score (nSPS) is 22.3. The summed E-state index contributed by atoms with van der Waals surface area (Å²) in [7, 11) is 3.69. The number of hydrogen-bond acceptors (Lipinski definition) is 5. The Morgan fingerprint density at radius 3 is 2.51 bits per heavy atom. The molecule has 226 valence electrons. The van der Waals surface area contributed by atoms with Gasteiger partial charge < -0.3 is 9.47 Å². The third kappa shape index (κ3) is 4.66. The van der Waals surface area contributed by atoms with Gasteiger partial charge in [0.1, 0.15) is 12.2 Å². The van der Waals surface area contributed by atoms with Crippen LogP contribution in [0.5, 0.6) is 0 Å². The molecule has 1 amide bonds. The van der Waals surface area contributed by atoms with Gasteiger partial charge in [0.25, 0.3) is 0 Å². The summed E-state index contributed by atoms with van der Waals surface area (Å²) in [6.07, 6.45) is 4.49. The van der Waals surface area contributed by atoms with Crippen molar-refractivity contribution >= 4 is 11.4 Å². The van der Waals surface area contributed by atoms with E-state index < -0.39 is 22.8 Å². The fraction of sp³-hybridized carbons (Fsp3) is 0.484. The number of alkyl halides is 3. The number of rotatable bonds is 6. The van der Waals surface area contributed by atoms with Gasteiger partial charge in [0.15, 0.2) is 0 Å². The zero-order valence-electron chi connectivity index (χ0n) is 24.2. The van der Waals surface area contributed by atoms with E-state index in [1.54, 1.807) is 24.3 Å². The number of nitrogens with zero attached hydrogens (tertiary/aromatic N) is 7. The third-order valence-corrected chi connectivity index (χ3v) is 9.85. The lowest BCUT2D eigenvalue weighted by molar-refractivity contribution is -0.136. The molecule has 4 aromatic rings. The summed E-state index contributed by atoms with van der Waals surface area (Å²) < 4.78 is 47.5. The Morgan fingerprint density at radius 2 is 1.86 bits per heavy atom. The molecule has 0 bridgehead atoms. The molecule has 1 spiro atoms. The number of carbonyl (C=O) groups is 1. The number of imidazole rings is 1. The topological polar surface area (TPSA) is 80.7 Å². The van der Waals surface area contributed by atoms with Crippen LogP contribution in [-0.4, -0.2) is 66.1 Å². The second-order valence-corrected chi connectivity index (χ2v) is 12.6. The molecule has 43 heavy (non-hydrogen) atoms. The Labute approximate surface area is 246 Å². The Balaban J connectivity index is 1.25. The zero-order valence-corrected chi connectivity index (χ0v) is 24.2. The highest BCUT2D eigenvalue weighted by Crippen LogP contribution is 2.43. The molecule has 3 aliphatic rings. The van der Waals surface area contributed by atoms with Gasteiger partial charge in [-0.3, -0.25) is 18.7 Å². The molecule has 0 radical (unpaired) electrons. The van der Waals surface area contributed by atoms with Gasteiger partial charge in [-0.2, -0.15) is 13.2 Å². The minimum atomic E-state index is -4.65. The fourth-order valence-electron chi connectivity index (χ4n) is 7.32.